The maximum absolute atomic E-state index is 11.6. The van der Waals surface area contributed by atoms with Gasteiger partial charge in [-0.15, -0.1) is 0 Å². The van der Waals surface area contributed by atoms with Gasteiger partial charge in [-0.3, -0.25) is 14.5 Å². The Morgan fingerprint density at radius 2 is 2.29 bits per heavy atom. The van der Waals surface area contributed by atoms with Crippen molar-refractivity contribution in [2.24, 2.45) is 0 Å². The monoisotopic (exact) mass is 195 g/mol. The third kappa shape index (κ3) is 1.46. The Morgan fingerprint density at radius 3 is 2.79 bits per heavy atom. The molecule has 0 N–H and O–H groups in total. The predicted octanol–water partition coefficient (Wildman–Crippen LogP) is 0.480. The number of carbonyl (C=O) groups is 2. The van der Waals surface area contributed by atoms with Gasteiger partial charge in [0.1, 0.15) is 0 Å². The topological polar surface area (TPSA) is 46.6 Å². The van der Waals surface area contributed by atoms with Crippen LogP contribution < -0.4 is 0 Å². The van der Waals surface area contributed by atoms with E-state index >= 15 is 0 Å². The van der Waals surface area contributed by atoms with E-state index in [-0.39, 0.29) is 17.9 Å². The van der Waals surface area contributed by atoms with Crippen molar-refractivity contribution in [1.29, 1.82) is 0 Å². The summed E-state index contributed by atoms with van der Waals surface area (Å²) in [4.78, 5) is 24.4. The Labute approximate surface area is 82.5 Å². The van der Waals surface area contributed by atoms with Crippen molar-refractivity contribution in [3.05, 3.63) is 11.6 Å². The van der Waals surface area contributed by atoms with Crippen molar-refractivity contribution in [3.63, 3.8) is 0 Å². The molecule has 0 radical (unpaired) electrons. The van der Waals surface area contributed by atoms with Gasteiger partial charge in [-0.25, -0.2) is 0 Å². The molecular formula is C10H13NO3. The molecule has 0 spiro atoms. The summed E-state index contributed by atoms with van der Waals surface area (Å²) in [6, 6.07) is -0.0579. The van der Waals surface area contributed by atoms with Crippen LogP contribution >= 0.6 is 0 Å². The quantitative estimate of drug-likeness (QED) is 0.572. The van der Waals surface area contributed by atoms with Crippen molar-refractivity contribution in [2.75, 3.05) is 13.2 Å². The number of rotatable bonds is 1. The lowest BCUT2D eigenvalue weighted by Gasteiger charge is -2.29. The van der Waals surface area contributed by atoms with E-state index in [0.29, 0.717) is 12.2 Å². The molecule has 1 saturated heterocycles. The van der Waals surface area contributed by atoms with Crippen LogP contribution in [0.25, 0.3) is 0 Å². The number of ether oxygens (including phenoxy) is 1. The molecule has 0 bridgehead atoms. The van der Waals surface area contributed by atoms with Gasteiger partial charge in [-0.05, 0) is 19.8 Å². The molecule has 1 fully saturated rings. The molecule has 2 aliphatic rings. The smallest absolute Gasteiger partial charge is 0.256 e. The molecule has 0 aromatic carbocycles. The summed E-state index contributed by atoms with van der Waals surface area (Å²) < 4.78 is 5.26. The standard InChI is InChI=1S/C10H13NO3/c1-7-5-9(12)11(10(7)13)8-3-2-4-14-6-8/h5,8H,2-4,6H2,1H3. The highest BCUT2D eigenvalue weighted by atomic mass is 16.5. The molecule has 14 heavy (non-hydrogen) atoms. The maximum atomic E-state index is 11.6. The molecule has 1 atom stereocenters. The van der Waals surface area contributed by atoms with E-state index in [4.69, 9.17) is 4.74 Å². The highest BCUT2D eigenvalue weighted by Gasteiger charge is 2.35. The van der Waals surface area contributed by atoms with Gasteiger partial charge >= 0.3 is 0 Å². The molecule has 0 aromatic heterocycles. The number of nitrogens with zero attached hydrogens (tertiary/aromatic N) is 1. The Hall–Kier alpha value is -1.16. The van der Waals surface area contributed by atoms with Crippen LogP contribution in [0.5, 0.6) is 0 Å². The molecule has 0 aliphatic carbocycles. The van der Waals surface area contributed by atoms with Crippen LogP contribution in [-0.2, 0) is 14.3 Å². The average molecular weight is 195 g/mol. The van der Waals surface area contributed by atoms with Gasteiger partial charge in [0.2, 0.25) is 0 Å². The molecular weight excluding hydrogens is 182 g/mol. The number of imide groups is 1. The second kappa shape index (κ2) is 3.53. The van der Waals surface area contributed by atoms with Gasteiger partial charge < -0.3 is 4.74 Å². The minimum atomic E-state index is -0.192. The van der Waals surface area contributed by atoms with E-state index in [1.54, 1.807) is 6.92 Å². The Kier molecular flexibility index (Phi) is 2.37. The largest absolute Gasteiger partial charge is 0.379 e. The summed E-state index contributed by atoms with van der Waals surface area (Å²) in [6.45, 7) is 2.89. The third-order valence-corrected chi connectivity index (χ3v) is 2.63. The van der Waals surface area contributed by atoms with Crippen LogP contribution in [0.2, 0.25) is 0 Å². The van der Waals surface area contributed by atoms with Crippen LogP contribution in [0.15, 0.2) is 11.6 Å². The van der Waals surface area contributed by atoms with Crippen LogP contribution in [0, 0.1) is 0 Å². The van der Waals surface area contributed by atoms with E-state index in [0.717, 1.165) is 19.4 Å². The maximum Gasteiger partial charge on any atom is 0.256 e. The zero-order valence-corrected chi connectivity index (χ0v) is 8.16. The predicted molar refractivity (Wildman–Crippen MR) is 49.5 cm³/mol. The molecule has 1 unspecified atom stereocenters. The minimum Gasteiger partial charge on any atom is -0.379 e. The van der Waals surface area contributed by atoms with Gasteiger partial charge in [-0.1, -0.05) is 0 Å². The van der Waals surface area contributed by atoms with Crippen molar-refractivity contribution in [3.8, 4) is 0 Å². The van der Waals surface area contributed by atoms with Crippen molar-refractivity contribution in [1.82, 2.24) is 4.90 Å². The lowest BCUT2D eigenvalue weighted by atomic mass is 10.1. The Bertz CT molecular complexity index is 302. The van der Waals surface area contributed by atoms with E-state index in [2.05, 4.69) is 0 Å². The first-order valence-corrected chi connectivity index (χ1v) is 4.83. The number of carbonyl (C=O) groups excluding carboxylic acids is 2. The third-order valence-electron chi connectivity index (χ3n) is 2.63. The Morgan fingerprint density at radius 1 is 1.50 bits per heavy atom. The van der Waals surface area contributed by atoms with Crippen molar-refractivity contribution >= 4 is 11.8 Å². The number of hydrogen-bond donors (Lipinski definition) is 0. The highest BCUT2D eigenvalue weighted by molar-refractivity contribution is 6.16. The molecule has 2 heterocycles. The van der Waals surface area contributed by atoms with Crippen molar-refractivity contribution in [2.45, 2.75) is 25.8 Å². The summed E-state index contributed by atoms with van der Waals surface area (Å²) in [5, 5.41) is 0. The molecule has 0 aromatic rings. The van der Waals surface area contributed by atoms with Crippen LogP contribution in [-0.4, -0.2) is 36.0 Å². The first-order valence-electron chi connectivity index (χ1n) is 4.83. The van der Waals surface area contributed by atoms with E-state index < -0.39 is 0 Å². The molecule has 2 aliphatic heterocycles. The Balaban J connectivity index is 2.11. The lowest BCUT2D eigenvalue weighted by molar-refractivity contribution is -0.142. The molecule has 4 nitrogen and oxygen atoms in total. The summed E-state index contributed by atoms with van der Waals surface area (Å²) in [6.07, 6.45) is 3.18. The molecule has 0 saturated carbocycles. The molecule has 2 rings (SSSR count). The molecule has 4 heteroatoms. The van der Waals surface area contributed by atoms with Gasteiger partial charge in [0.05, 0.1) is 12.6 Å². The summed E-state index contributed by atoms with van der Waals surface area (Å²) in [7, 11) is 0. The van der Waals surface area contributed by atoms with Crippen molar-refractivity contribution < 1.29 is 14.3 Å². The average Bonchev–Trinajstić information content (AvgIpc) is 2.43. The highest BCUT2D eigenvalue weighted by Crippen LogP contribution is 2.20. The first kappa shape index (κ1) is 9.40. The fraction of sp³-hybridized carbons (Fsp3) is 0.600. The van der Waals surface area contributed by atoms with Gasteiger partial charge in [0, 0.05) is 18.3 Å². The van der Waals surface area contributed by atoms with Crippen LogP contribution in [0.4, 0.5) is 0 Å². The first-order chi connectivity index (χ1) is 6.70. The normalized spacial score (nSPS) is 28.2. The molecule has 76 valence electrons. The molecule has 2 amide bonds. The zero-order valence-electron chi connectivity index (χ0n) is 8.16. The summed E-state index contributed by atoms with van der Waals surface area (Å²) in [5.41, 5.74) is 0.528. The second-order valence-corrected chi connectivity index (χ2v) is 3.71. The van der Waals surface area contributed by atoms with E-state index in [1.807, 2.05) is 0 Å². The minimum absolute atomic E-state index is 0.0579. The summed E-state index contributed by atoms with van der Waals surface area (Å²) in [5.74, 6) is -0.353. The zero-order chi connectivity index (χ0) is 10.1. The second-order valence-electron chi connectivity index (χ2n) is 3.71. The summed E-state index contributed by atoms with van der Waals surface area (Å²) >= 11 is 0. The fourth-order valence-electron chi connectivity index (χ4n) is 1.88. The van der Waals surface area contributed by atoms with Crippen LogP contribution in [0.3, 0.4) is 0 Å². The van der Waals surface area contributed by atoms with E-state index in [9.17, 15) is 9.59 Å². The fourth-order valence-corrected chi connectivity index (χ4v) is 1.88. The lowest BCUT2D eigenvalue weighted by Crippen LogP contribution is -2.45. The van der Waals surface area contributed by atoms with E-state index in [1.165, 1.54) is 11.0 Å². The SMILES string of the molecule is CC1=CC(=O)N(C2CCCOC2)C1=O. The van der Waals surface area contributed by atoms with Gasteiger partial charge in [0.25, 0.3) is 11.8 Å². The van der Waals surface area contributed by atoms with Crippen LogP contribution in [0.1, 0.15) is 19.8 Å². The number of amides is 2. The van der Waals surface area contributed by atoms with Gasteiger partial charge in [0.15, 0.2) is 0 Å². The van der Waals surface area contributed by atoms with Gasteiger partial charge in [-0.2, -0.15) is 0 Å². The number of hydrogen-bond acceptors (Lipinski definition) is 3.